The molecule has 0 aromatic carbocycles. The summed E-state index contributed by atoms with van der Waals surface area (Å²) in [6.45, 7) is 6.66. The molecule has 0 atom stereocenters. The maximum Gasteiger partial charge on any atom is 0.315 e. The highest BCUT2D eigenvalue weighted by molar-refractivity contribution is 5.73. The number of rotatable bonds is 4. The lowest BCUT2D eigenvalue weighted by atomic mass is 10.5. The van der Waals surface area contributed by atoms with Crippen LogP contribution in [0, 0.1) is 0 Å². The van der Waals surface area contributed by atoms with Crippen molar-refractivity contribution in [2.24, 2.45) is 0 Å². The molecule has 2 N–H and O–H groups in total. The molecule has 0 aliphatic rings. The third-order valence-electron chi connectivity index (χ3n) is 1.58. The second kappa shape index (κ2) is 5.97. The summed E-state index contributed by atoms with van der Waals surface area (Å²) in [5.41, 5.74) is 0. The fraction of sp³-hybridized carbons (Fsp3) is 0.857. The minimum Gasteiger partial charge on any atom is -0.341 e. The van der Waals surface area contributed by atoms with Gasteiger partial charge in [-0.15, -0.1) is 0 Å². The first-order valence-corrected chi connectivity index (χ1v) is 3.92. The fourth-order valence-electron chi connectivity index (χ4n) is 0.719. The summed E-state index contributed by atoms with van der Waals surface area (Å²) in [7, 11) is 1.61. The van der Waals surface area contributed by atoms with Crippen molar-refractivity contribution in [2.75, 3.05) is 26.8 Å². The zero-order valence-corrected chi connectivity index (χ0v) is 7.48. The first kappa shape index (κ1) is 10.2. The van der Waals surface area contributed by atoms with Gasteiger partial charge in [-0.1, -0.05) is 13.8 Å². The molecule has 0 radical (unpaired) electrons. The van der Waals surface area contributed by atoms with E-state index in [1.165, 1.54) is 0 Å². The summed E-state index contributed by atoms with van der Waals surface area (Å²) >= 11 is 0. The average molecular weight is 159 g/mol. The van der Waals surface area contributed by atoms with Gasteiger partial charge in [0.05, 0.1) is 6.67 Å². The lowest BCUT2D eigenvalue weighted by molar-refractivity contribution is 0.227. The number of nitrogens with one attached hydrogen (secondary N) is 2. The Labute approximate surface area is 67.9 Å². The molecule has 2 amide bonds. The molecule has 0 spiro atoms. The normalized spacial score (nSPS) is 9.82. The van der Waals surface area contributed by atoms with E-state index < -0.39 is 0 Å². The van der Waals surface area contributed by atoms with Crippen molar-refractivity contribution in [2.45, 2.75) is 13.8 Å². The fourth-order valence-corrected chi connectivity index (χ4v) is 0.719. The van der Waals surface area contributed by atoms with Crippen LogP contribution in [-0.2, 0) is 0 Å². The molecule has 11 heavy (non-hydrogen) atoms. The molecule has 0 saturated heterocycles. The molecule has 0 aliphatic heterocycles. The molecule has 0 aromatic heterocycles. The van der Waals surface area contributed by atoms with Gasteiger partial charge in [0.15, 0.2) is 0 Å². The van der Waals surface area contributed by atoms with Gasteiger partial charge in [-0.2, -0.15) is 0 Å². The van der Waals surface area contributed by atoms with E-state index in [0.29, 0.717) is 6.67 Å². The van der Waals surface area contributed by atoms with Crippen LogP contribution in [-0.4, -0.2) is 37.7 Å². The smallest absolute Gasteiger partial charge is 0.315 e. The molecule has 0 unspecified atom stereocenters. The first-order valence-electron chi connectivity index (χ1n) is 3.92. The van der Waals surface area contributed by atoms with E-state index in [0.717, 1.165) is 13.1 Å². The van der Waals surface area contributed by atoms with Crippen LogP contribution in [0.5, 0.6) is 0 Å². The maximum absolute atomic E-state index is 10.7. The van der Waals surface area contributed by atoms with E-state index in [2.05, 4.69) is 29.4 Å². The Balaban J connectivity index is 3.42. The molecule has 4 nitrogen and oxygen atoms in total. The van der Waals surface area contributed by atoms with Crippen LogP contribution in [0.1, 0.15) is 13.8 Å². The lowest BCUT2D eigenvalue weighted by Crippen LogP contribution is -2.41. The third-order valence-corrected chi connectivity index (χ3v) is 1.58. The number of amides is 2. The molecule has 0 aromatic rings. The minimum atomic E-state index is -0.128. The van der Waals surface area contributed by atoms with E-state index in [1.54, 1.807) is 7.05 Å². The van der Waals surface area contributed by atoms with Gasteiger partial charge < -0.3 is 10.6 Å². The van der Waals surface area contributed by atoms with Crippen LogP contribution >= 0.6 is 0 Å². The molecule has 0 rings (SSSR count). The van der Waals surface area contributed by atoms with Crippen molar-refractivity contribution >= 4 is 6.03 Å². The third kappa shape index (κ3) is 4.61. The van der Waals surface area contributed by atoms with Gasteiger partial charge in [0.2, 0.25) is 0 Å². The second-order valence-electron chi connectivity index (χ2n) is 2.22. The van der Waals surface area contributed by atoms with Gasteiger partial charge >= 0.3 is 6.03 Å². The Morgan fingerprint density at radius 3 is 2.27 bits per heavy atom. The first-order chi connectivity index (χ1) is 5.24. The summed E-state index contributed by atoms with van der Waals surface area (Å²) in [5.74, 6) is 0. The average Bonchev–Trinajstić information content (AvgIpc) is 2.06. The van der Waals surface area contributed by atoms with E-state index in [1.807, 2.05) is 0 Å². The number of carbonyl (C=O) groups is 1. The van der Waals surface area contributed by atoms with Crippen molar-refractivity contribution in [3.8, 4) is 0 Å². The van der Waals surface area contributed by atoms with Crippen molar-refractivity contribution in [3.05, 3.63) is 0 Å². The highest BCUT2D eigenvalue weighted by atomic mass is 16.2. The number of hydrogen-bond acceptors (Lipinski definition) is 2. The van der Waals surface area contributed by atoms with Crippen LogP contribution in [0.25, 0.3) is 0 Å². The minimum absolute atomic E-state index is 0.128. The van der Waals surface area contributed by atoms with Crippen molar-refractivity contribution in [1.29, 1.82) is 0 Å². The summed E-state index contributed by atoms with van der Waals surface area (Å²) in [6, 6.07) is -0.128. The molecular formula is C7H17N3O. The monoisotopic (exact) mass is 159 g/mol. The predicted molar refractivity (Wildman–Crippen MR) is 45.4 cm³/mol. The summed E-state index contributed by atoms with van der Waals surface area (Å²) in [5, 5.41) is 5.20. The molecule has 0 bridgehead atoms. The Morgan fingerprint density at radius 2 is 1.91 bits per heavy atom. The van der Waals surface area contributed by atoms with Crippen LogP contribution < -0.4 is 10.6 Å². The quantitative estimate of drug-likeness (QED) is 0.576. The number of hydrogen-bond donors (Lipinski definition) is 2. The molecule has 4 heteroatoms. The number of urea groups is 1. The SMILES string of the molecule is CCN(CC)CNC(=O)NC. The van der Waals surface area contributed by atoms with E-state index in [-0.39, 0.29) is 6.03 Å². The molecule has 0 aliphatic carbocycles. The van der Waals surface area contributed by atoms with Gasteiger partial charge in [-0.25, -0.2) is 4.79 Å². The largest absolute Gasteiger partial charge is 0.341 e. The summed E-state index contributed by atoms with van der Waals surface area (Å²) < 4.78 is 0. The van der Waals surface area contributed by atoms with Crippen LogP contribution in [0.3, 0.4) is 0 Å². The molecule has 0 heterocycles. The van der Waals surface area contributed by atoms with Crippen molar-refractivity contribution in [3.63, 3.8) is 0 Å². The van der Waals surface area contributed by atoms with Gasteiger partial charge in [0.1, 0.15) is 0 Å². The van der Waals surface area contributed by atoms with E-state index in [4.69, 9.17) is 0 Å². The van der Waals surface area contributed by atoms with Gasteiger partial charge in [-0.3, -0.25) is 4.90 Å². The molecule has 66 valence electrons. The van der Waals surface area contributed by atoms with Crippen LogP contribution in [0.2, 0.25) is 0 Å². The Hall–Kier alpha value is -0.770. The maximum atomic E-state index is 10.7. The topological polar surface area (TPSA) is 44.4 Å². The van der Waals surface area contributed by atoms with Crippen molar-refractivity contribution in [1.82, 2.24) is 15.5 Å². The second-order valence-corrected chi connectivity index (χ2v) is 2.22. The predicted octanol–water partition coefficient (Wildman–Crippen LogP) is 0.215. The number of nitrogens with zero attached hydrogens (tertiary/aromatic N) is 1. The standard InChI is InChI=1S/C7H17N3O/c1-4-10(5-2)6-9-7(11)8-3/h4-6H2,1-3H3,(H2,8,9,11). The highest BCUT2D eigenvalue weighted by Gasteiger charge is 1.99. The Bertz CT molecular complexity index is 112. The Kier molecular flexibility index (Phi) is 5.56. The van der Waals surface area contributed by atoms with Crippen molar-refractivity contribution < 1.29 is 4.79 Å². The molecule has 0 fully saturated rings. The van der Waals surface area contributed by atoms with Gasteiger partial charge in [0, 0.05) is 7.05 Å². The molecular weight excluding hydrogens is 142 g/mol. The van der Waals surface area contributed by atoms with Gasteiger partial charge in [-0.05, 0) is 13.1 Å². The van der Waals surface area contributed by atoms with Gasteiger partial charge in [0.25, 0.3) is 0 Å². The number of carbonyl (C=O) groups excluding carboxylic acids is 1. The zero-order chi connectivity index (χ0) is 8.69. The zero-order valence-electron chi connectivity index (χ0n) is 7.48. The van der Waals surface area contributed by atoms with E-state index in [9.17, 15) is 4.79 Å². The summed E-state index contributed by atoms with van der Waals surface area (Å²) in [4.78, 5) is 12.8. The van der Waals surface area contributed by atoms with E-state index >= 15 is 0 Å². The highest BCUT2D eigenvalue weighted by Crippen LogP contribution is 1.81. The van der Waals surface area contributed by atoms with Crippen LogP contribution in [0.15, 0.2) is 0 Å². The van der Waals surface area contributed by atoms with Crippen LogP contribution in [0.4, 0.5) is 4.79 Å². The Morgan fingerprint density at radius 1 is 1.36 bits per heavy atom. The molecule has 0 saturated carbocycles. The summed E-state index contributed by atoms with van der Waals surface area (Å²) in [6.07, 6.45) is 0. The lowest BCUT2D eigenvalue weighted by Gasteiger charge is -2.17.